The number of methoxy groups -OCH3 is 2. The molecule has 0 radical (unpaired) electrons. The number of esters is 1. The van der Waals surface area contributed by atoms with Crippen molar-refractivity contribution >= 4 is 12.0 Å². The van der Waals surface area contributed by atoms with Gasteiger partial charge in [-0.2, -0.15) is 0 Å². The van der Waals surface area contributed by atoms with Crippen LogP contribution in [-0.4, -0.2) is 39.5 Å². The Hall–Kier alpha value is -2.01. The summed E-state index contributed by atoms with van der Waals surface area (Å²) in [4.78, 5) is 11.5. The van der Waals surface area contributed by atoms with Gasteiger partial charge in [0.15, 0.2) is 0 Å². The third-order valence-electron chi connectivity index (χ3n) is 2.56. The lowest BCUT2D eigenvalue weighted by molar-refractivity contribution is -0.139. The number of benzene rings is 1. The van der Waals surface area contributed by atoms with Crippen molar-refractivity contribution < 1.29 is 23.7 Å². The predicted octanol–water partition coefficient (Wildman–Crippen LogP) is 2.69. The van der Waals surface area contributed by atoms with Gasteiger partial charge in [-0.15, -0.1) is 0 Å². The van der Waals surface area contributed by atoms with E-state index in [1.807, 2.05) is 13.8 Å². The molecule has 0 aliphatic rings. The highest BCUT2D eigenvalue weighted by atomic mass is 16.6. The SMILES string of the molecule is COc1cc(/C=C/C(=O)OCCOC(C)C)cc(OC)c1. The van der Waals surface area contributed by atoms with Gasteiger partial charge in [0.05, 0.1) is 26.9 Å². The summed E-state index contributed by atoms with van der Waals surface area (Å²) in [6.07, 6.45) is 3.14. The molecule has 21 heavy (non-hydrogen) atoms. The van der Waals surface area contributed by atoms with Gasteiger partial charge in [0.25, 0.3) is 0 Å². The Kier molecular flexibility index (Phi) is 7.32. The topological polar surface area (TPSA) is 54.0 Å². The minimum atomic E-state index is -0.413. The molecule has 0 saturated carbocycles. The van der Waals surface area contributed by atoms with Crippen LogP contribution < -0.4 is 9.47 Å². The van der Waals surface area contributed by atoms with Crippen molar-refractivity contribution in [2.45, 2.75) is 20.0 Å². The van der Waals surface area contributed by atoms with E-state index in [9.17, 15) is 4.79 Å². The zero-order chi connectivity index (χ0) is 15.7. The molecular formula is C16H22O5. The first-order valence-electron chi connectivity index (χ1n) is 6.74. The van der Waals surface area contributed by atoms with Crippen LogP contribution in [-0.2, 0) is 14.3 Å². The molecule has 0 amide bonds. The summed E-state index contributed by atoms with van der Waals surface area (Å²) in [5, 5.41) is 0. The van der Waals surface area contributed by atoms with Gasteiger partial charge in [-0.1, -0.05) is 0 Å². The van der Waals surface area contributed by atoms with E-state index in [0.29, 0.717) is 18.1 Å². The van der Waals surface area contributed by atoms with Crippen LogP contribution >= 0.6 is 0 Å². The minimum Gasteiger partial charge on any atom is -0.497 e. The van der Waals surface area contributed by atoms with Crippen molar-refractivity contribution in [3.8, 4) is 11.5 Å². The van der Waals surface area contributed by atoms with Crippen LogP contribution in [0.15, 0.2) is 24.3 Å². The Balaban J connectivity index is 2.53. The molecule has 0 aliphatic heterocycles. The number of carbonyl (C=O) groups excluding carboxylic acids is 1. The second kappa shape index (κ2) is 9.02. The molecule has 1 aromatic rings. The maximum atomic E-state index is 11.5. The second-order valence-corrected chi connectivity index (χ2v) is 4.57. The van der Waals surface area contributed by atoms with E-state index in [-0.39, 0.29) is 12.7 Å². The van der Waals surface area contributed by atoms with Crippen LogP contribution in [0, 0.1) is 0 Å². The third kappa shape index (κ3) is 6.81. The van der Waals surface area contributed by atoms with Gasteiger partial charge in [0.2, 0.25) is 0 Å². The maximum absolute atomic E-state index is 11.5. The lowest BCUT2D eigenvalue weighted by Gasteiger charge is -2.07. The normalized spacial score (nSPS) is 10.9. The summed E-state index contributed by atoms with van der Waals surface area (Å²) in [6.45, 7) is 4.49. The quantitative estimate of drug-likeness (QED) is 0.419. The Morgan fingerprint density at radius 2 is 1.71 bits per heavy atom. The molecule has 116 valence electrons. The van der Waals surface area contributed by atoms with E-state index in [1.165, 1.54) is 6.08 Å². The van der Waals surface area contributed by atoms with E-state index in [2.05, 4.69) is 0 Å². The first-order chi connectivity index (χ1) is 10.0. The molecule has 0 bridgehead atoms. The molecule has 1 rings (SSSR count). The maximum Gasteiger partial charge on any atom is 0.330 e. The highest BCUT2D eigenvalue weighted by molar-refractivity contribution is 5.87. The molecule has 0 atom stereocenters. The van der Waals surface area contributed by atoms with E-state index in [0.717, 1.165) is 5.56 Å². The fourth-order valence-corrected chi connectivity index (χ4v) is 1.56. The average molecular weight is 294 g/mol. The molecular weight excluding hydrogens is 272 g/mol. The second-order valence-electron chi connectivity index (χ2n) is 4.57. The van der Waals surface area contributed by atoms with E-state index in [4.69, 9.17) is 18.9 Å². The highest BCUT2D eigenvalue weighted by Crippen LogP contribution is 2.23. The smallest absolute Gasteiger partial charge is 0.330 e. The molecule has 5 heteroatoms. The van der Waals surface area contributed by atoms with E-state index >= 15 is 0 Å². The first kappa shape index (κ1) is 17.0. The van der Waals surface area contributed by atoms with Crippen LogP contribution in [0.5, 0.6) is 11.5 Å². The van der Waals surface area contributed by atoms with E-state index in [1.54, 1.807) is 38.5 Å². The standard InChI is InChI=1S/C16H22O5/c1-12(2)20-7-8-21-16(17)6-5-13-9-14(18-3)11-15(10-13)19-4/h5-6,9-12H,7-8H2,1-4H3/b6-5+. The number of ether oxygens (including phenoxy) is 4. The minimum absolute atomic E-state index is 0.128. The Morgan fingerprint density at radius 1 is 1.10 bits per heavy atom. The van der Waals surface area contributed by atoms with Gasteiger partial charge in [-0.3, -0.25) is 0 Å². The molecule has 0 heterocycles. The van der Waals surface area contributed by atoms with Crippen LogP contribution in [0.2, 0.25) is 0 Å². The molecule has 5 nitrogen and oxygen atoms in total. The molecule has 0 saturated heterocycles. The van der Waals surface area contributed by atoms with Gasteiger partial charge in [-0.25, -0.2) is 4.79 Å². The predicted molar refractivity (Wildman–Crippen MR) is 80.6 cm³/mol. The van der Waals surface area contributed by atoms with Gasteiger partial charge < -0.3 is 18.9 Å². The van der Waals surface area contributed by atoms with Gasteiger partial charge in [-0.05, 0) is 37.6 Å². The average Bonchev–Trinajstić information content (AvgIpc) is 2.48. The fourth-order valence-electron chi connectivity index (χ4n) is 1.56. The summed E-state index contributed by atoms with van der Waals surface area (Å²) < 4.78 is 20.6. The molecule has 1 aromatic carbocycles. The van der Waals surface area contributed by atoms with Gasteiger partial charge in [0.1, 0.15) is 18.1 Å². The first-order valence-corrected chi connectivity index (χ1v) is 6.74. The van der Waals surface area contributed by atoms with Crippen LogP contribution in [0.1, 0.15) is 19.4 Å². The van der Waals surface area contributed by atoms with Gasteiger partial charge >= 0.3 is 5.97 Å². The van der Waals surface area contributed by atoms with Gasteiger partial charge in [0, 0.05) is 12.1 Å². The van der Waals surface area contributed by atoms with Crippen molar-refractivity contribution in [2.24, 2.45) is 0 Å². The van der Waals surface area contributed by atoms with Crippen LogP contribution in [0.4, 0.5) is 0 Å². The number of rotatable bonds is 8. The summed E-state index contributed by atoms with van der Waals surface area (Å²) >= 11 is 0. The lowest BCUT2D eigenvalue weighted by Crippen LogP contribution is -2.12. The fraction of sp³-hybridized carbons (Fsp3) is 0.438. The number of carbonyl (C=O) groups is 1. The van der Waals surface area contributed by atoms with E-state index < -0.39 is 5.97 Å². The third-order valence-corrected chi connectivity index (χ3v) is 2.56. The molecule has 0 spiro atoms. The molecule has 0 unspecified atom stereocenters. The molecule has 0 fully saturated rings. The summed E-state index contributed by atoms with van der Waals surface area (Å²) in [7, 11) is 3.15. The summed E-state index contributed by atoms with van der Waals surface area (Å²) in [5.74, 6) is 0.907. The zero-order valence-corrected chi connectivity index (χ0v) is 12.9. The Labute approximate surface area is 125 Å². The molecule has 0 aliphatic carbocycles. The van der Waals surface area contributed by atoms with Crippen molar-refractivity contribution in [1.29, 1.82) is 0 Å². The Bertz CT molecular complexity index is 457. The monoisotopic (exact) mass is 294 g/mol. The van der Waals surface area contributed by atoms with Crippen LogP contribution in [0.3, 0.4) is 0 Å². The molecule has 0 N–H and O–H groups in total. The highest BCUT2D eigenvalue weighted by Gasteiger charge is 2.01. The van der Waals surface area contributed by atoms with Crippen molar-refractivity contribution in [2.75, 3.05) is 27.4 Å². The van der Waals surface area contributed by atoms with Crippen molar-refractivity contribution in [1.82, 2.24) is 0 Å². The number of hydrogen-bond donors (Lipinski definition) is 0. The summed E-state index contributed by atoms with van der Waals surface area (Å²) in [5.41, 5.74) is 0.793. The largest absolute Gasteiger partial charge is 0.497 e. The molecule has 0 aromatic heterocycles. The summed E-state index contributed by atoms with van der Waals surface area (Å²) in [6, 6.07) is 5.36. The Morgan fingerprint density at radius 3 is 2.24 bits per heavy atom. The number of hydrogen-bond acceptors (Lipinski definition) is 5. The van der Waals surface area contributed by atoms with Crippen molar-refractivity contribution in [3.63, 3.8) is 0 Å². The van der Waals surface area contributed by atoms with Crippen LogP contribution in [0.25, 0.3) is 6.08 Å². The lowest BCUT2D eigenvalue weighted by atomic mass is 10.2. The van der Waals surface area contributed by atoms with Crippen molar-refractivity contribution in [3.05, 3.63) is 29.8 Å². The zero-order valence-electron chi connectivity index (χ0n) is 12.9.